The van der Waals surface area contributed by atoms with Crippen molar-refractivity contribution >= 4 is 49.6 Å². The summed E-state index contributed by atoms with van der Waals surface area (Å²) in [4.78, 5) is 41.5. The molecule has 4 aliphatic rings. The zero-order valence-electron chi connectivity index (χ0n) is 17.8. The van der Waals surface area contributed by atoms with Crippen LogP contribution in [0.15, 0.2) is 78.9 Å². The number of amides is 2. The zero-order chi connectivity index (χ0) is 23.8. The van der Waals surface area contributed by atoms with Gasteiger partial charge in [0.25, 0.3) is 0 Å². The smallest absolute Gasteiger partial charge is 0.327 e. The molecule has 5 nitrogen and oxygen atoms in total. The van der Waals surface area contributed by atoms with E-state index in [0.29, 0.717) is 0 Å². The Hall–Kier alpha value is -2.77. The van der Waals surface area contributed by atoms with Gasteiger partial charge in [-0.25, -0.2) is 4.79 Å². The molecule has 2 amide bonds. The number of hydrogen-bond acceptors (Lipinski definition) is 3. The number of carboxylic acid groups (broad SMARTS) is 1. The summed E-state index contributed by atoms with van der Waals surface area (Å²) in [6.45, 7) is 0. The van der Waals surface area contributed by atoms with E-state index in [1.54, 1.807) is 12.1 Å². The molecule has 0 saturated carbocycles. The maximum Gasteiger partial charge on any atom is 0.327 e. The maximum absolute atomic E-state index is 14.0. The van der Waals surface area contributed by atoms with E-state index in [1.807, 2.05) is 66.7 Å². The van der Waals surface area contributed by atoms with Crippen LogP contribution in [0.3, 0.4) is 0 Å². The van der Waals surface area contributed by atoms with E-state index in [-0.39, 0.29) is 6.42 Å². The van der Waals surface area contributed by atoms with Crippen LogP contribution in [0.4, 0.5) is 0 Å². The average molecular weight is 581 g/mol. The predicted octanol–water partition coefficient (Wildman–Crippen LogP) is 4.59. The Bertz CT molecular complexity index is 1250. The summed E-state index contributed by atoms with van der Waals surface area (Å²) >= 11 is 7.88. The Labute approximate surface area is 213 Å². The van der Waals surface area contributed by atoms with Crippen LogP contribution in [0.25, 0.3) is 0 Å². The molecule has 34 heavy (non-hydrogen) atoms. The lowest BCUT2D eigenvalue weighted by atomic mass is 9.54. The van der Waals surface area contributed by atoms with Crippen molar-refractivity contribution in [1.29, 1.82) is 0 Å². The first-order valence-corrected chi connectivity index (χ1v) is 12.6. The second-order valence-corrected chi connectivity index (χ2v) is 11.6. The van der Waals surface area contributed by atoms with Crippen molar-refractivity contribution < 1.29 is 19.5 Å². The Morgan fingerprint density at radius 1 is 0.765 bits per heavy atom. The number of aliphatic carboxylic acids is 1. The van der Waals surface area contributed by atoms with E-state index in [2.05, 4.69) is 31.9 Å². The molecule has 1 fully saturated rings. The lowest BCUT2D eigenvalue weighted by molar-refractivity contribution is -0.155. The van der Waals surface area contributed by atoms with Crippen LogP contribution in [0.5, 0.6) is 0 Å². The Morgan fingerprint density at radius 2 is 1.15 bits per heavy atom. The molecule has 1 saturated heterocycles. The molecule has 0 unspecified atom stereocenters. The van der Waals surface area contributed by atoms with Crippen molar-refractivity contribution in [2.24, 2.45) is 11.8 Å². The van der Waals surface area contributed by atoms with E-state index in [0.717, 1.165) is 32.7 Å². The molecule has 1 aliphatic heterocycles. The van der Waals surface area contributed by atoms with Gasteiger partial charge in [0.15, 0.2) is 0 Å². The normalized spacial score (nSPS) is 29.4. The first-order valence-electron chi connectivity index (χ1n) is 11.0. The van der Waals surface area contributed by atoms with Crippen LogP contribution in [0, 0.1) is 11.8 Å². The fourth-order valence-corrected chi connectivity index (χ4v) is 8.43. The topological polar surface area (TPSA) is 74.7 Å². The quantitative estimate of drug-likeness (QED) is 0.362. The highest BCUT2D eigenvalue weighted by Crippen LogP contribution is 2.70. The highest BCUT2D eigenvalue weighted by Gasteiger charge is 2.73. The standard InChI is InChI=1S/C27H19Br2NO4/c28-26-16-10-4-5-11-17(16)27(29,19-13-7-6-12-18(19)26)22-21(26)23(31)30(24(22)32)20(25(33)34)14-15-8-2-1-3-9-15/h1-13,20-22H,14H2,(H,33,34)/t20-,21-,22+,26?,27?/m1/s1. The maximum atomic E-state index is 14.0. The van der Waals surface area contributed by atoms with Gasteiger partial charge in [-0.1, -0.05) is 111 Å². The van der Waals surface area contributed by atoms with Crippen molar-refractivity contribution in [3.8, 4) is 0 Å². The number of rotatable bonds is 4. The number of benzene rings is 3. The van der Waals surface area contributed by atoms with E-state index < -0.39 is 44.3 Å². The molecular formula is C27H19Br2NO4. The molecule has 170 valence electrons. The average Bonchev–Trinajstić information content (AvgIpc) is 3.12. The highest BCUT2D eigenvalue weighted by molar-refractivity contribution is 9.10. The molecular weight excluding hydrogens is 562 g/mol. The van der Waals surface area contributed by atoms with E-state index in [9.17, 15) is 19.5 Å². The van der Waals surface area contributed by atoms with Gasteiger partial charge in [-0.05, 0) is 27.8 Å². The summed E-state index contributed by atoms with van der Waals surface area (Å²) in [5, 5.41) is 10.1. The molecule has 1 N–H and O–H groups in total. The van der Waals surface area contributed by atoms with Crippen LogP contribution in [-0.2, 0) is 29.5 Å². The van der Waals surface area contributed by atoms with Gasteiger partial charge in [0, 0.05) is 6.42 Å². The van der Waals surface area contributed by atoms with Crippen molar-refractivity contribution in [2.75, 3.05) is 0 Å². The van der Waals surface area contributed by atoms with Crippen LogP contribution >= 0.6 is 31.9 Å². The van der Waals surface area contributed by atoms with Gasteiger partial charge in [0.05, 0.1) is 20.5 Å². The summed E-state index contributed by atoms with van der Waals surface area (Å²) in [6.07, 6.45) is 0.0531. The minimum absolute atomic E-state index is 0.0531. The number of carboxylic acids is 1. The van der Waals surface area contributed by atoms with Crippen molar-refractivity contribution in [3.63, 3.8) is 0 Å². The summed E-state index contributed by atoms with van der Waals surface area (Å²) in [6, 6.07) is 23.4. The lowest BCUT2D eigenvalue weighted by Crippen LogP contribution is -2.56. The van der Waals surface area contributed by atoms with Gasteiger partial charge in [0.1, 0.15) is 6.04 Å². The number of alkyl halides is 2. The van der Waals surface area contributed by atoms with Crippen LogP contribution < -0.4 is 0 Å². The first kappa shape index (κ1) is 21.7. The third kappa shape index (κ3) is 2.57. The summed E-state index contributed by atoms with van der Waals surface area (Å²) in [5.41, 5.74) is 4.44. The molecule has 7 heteroatoms. The van der Waals surface area contributed by atoms with Gasteiger partial charge in [-0.3, -0.25) is 14.5 Å². The van der Waals surface area contributed by atoms with Gasteiger partial charge < -0.3 is 5.11 Å². The largest absolute Gasteiger partial charge is 0.480 e. The minimum Gasteiger partial charge on any atom is -0.480 e. The number of nitrogens with zero attached hydrogens (tertiary/aromatic N) is 1. The molecule has 7 rings (SSSR count). The van der Waals surface area contributed by atoms with E-state index >= 15 is 0 Å². The monoisotopic (exact) mass is 579 g/mol. The Morgan fingerprint density at radius 3 is 1.53 bits per heavy atom. The van der Waals surface area contributed by atoms with E-state index in [4.69, 9.17) is 0 Å². The predicted molar refractivity (Wildman–Crippen MR) is 133 cm³/mol. The number of carbonyl (C=O) groups is 3. The summed E-state index contributed by atoms with van der Waals surface area (Å²) in [5.74, 6) is -3.66. The Kier molecular flexibility index (Phi) is 4.71. The van der Waals surface area contributed by atoms with Gasteiger partial charge in [-0.2, -0.15) is 0 Å². The lowest BCUT2D eigenvalue weighted by Gasteiger charge is -2.55. The molecule has 3 aliphatic carbocycles. The molecule has 3 aromatic rings. The zero-order valence-corrected chi connectivity index (χ0v) is 21.0. The fraction of sp³-hybridized carbons (Fsp3) is 0.222. The fourth-order valence-electron chi connectivity index (χ4n) is 6.12. The third-order valence-electron chi connectivity index (χ3n) is 7.49. The number of hydrogen-bond donors (Lipinski definition) is 1. The highest BCUT2D eigenvalue weighted by atomic mass is 79.9. The minimum atomic E-state index is -1.29. The SMILES string of the molecule is O=C(O)[C@@H](Cc1ccccc1)N1C(=O)[C@@H]2[C@H](C1=O)C1(Br)c3ccccc3C2(Br)c2ccccc21. The van der Waals surface area contributed by atoms with Gasteiger partial charge in [0.2, 0.25) is 11.8 Å². The number of likely N-dealkylation sites (tertiary alicyclic amines) is 1. The summed E-state index contributed by atoms with van der Waals surface area (Å²) < 4.78 is -1.87. The molecule has 3 aromatic carbocycles. The van der Waals surface area contributed by atoms with Crippen molar-refractivity contribution in [3.05, 3.63) is 107 Å². The number of carbonyl (C=O) groups excluding carboxylic acids is 2. The van der Waals surface area contributed by atoms with Crippen molar-refractivity contribution in [2.45, 2.75) is 21.1 Å². The van der Waals surface area contributed by atoms with Crippen LogP contribution in [0.2, 0.25) is 0 Å². The second kappa shape index (κ2) is 7.36. The molecule has 2 bridgehead atoms. The van der Waals surface area contributed by atoms with E-state index in [1.165, 1.54) is 0 Å². The molecule has 1 heterocycles. The van der Waals surface area contributed by atoms with Gasteiger partial charge in [-0.15, -0.1) is 0 Å². The molecule has 0 radical (unpaired) electrons. The molecule has 0 aromatic heterocycles. The van der Waals surface area contributed by atoms with Gasteiger partial charge >= 0.3 is 5.97 Å². The molecule has 3 atom stereocenters. The number of imide groups is 1. The molecule has 0 spiro atoms. The first-order chi connectivity index (χ1) is 16.3. The van der Waals surface area contributed by atoms with Crippen LogP contribution in [-0.4, -0.2) is 33.8 Å². The second-order valence-electron chi connectivity index (χ2n) is 9.06. The number of halogens is 2. The third-order valence-corrected chi connectivity index (χ3v) is 10.2. The van der Waals surface area contributed by atoms with Crippen LogP contribution in [0.1, 0.15) is 27.8 Å². The Balaban J connectivity index is 1.55. The van der Waals surface area contributed by atoms with Crippen molar-refractivity contribution in [1.82, 2.24) is 4.90 Å². The summed E-state index contributed by atoms with van der Waals surface area (Å²) in [7, 11) is 0.